The molecule has 0 aliphatic heterocycles. The molecule has 2 aromatic carbocycles. The quantitative estimate of drug-likeness (QED) is 0.774. The number of halogens is 2. The predicted octanol–water partition coefficient (Wildman–Crippen LogP) is 4.51. The van der Waals surface area contributed by atoms with Crippen molar-refractivity contribution in [3.8, 4) is 11.5 Å². The fourth-order valence-electron chi connectivity index (χ4n) is 2.38. The number of benzene rings is 2. The van der Waals surface area contributed by atoms with Crippen molar-refractivity contribution in [2.45, 2.75) is 25.0 Å². The summed E-state index contributed by atoms with van der Waals surface area (Å²) in [4.78, 5) is 0. The van der Waals surface area contributed by atoms with E-state index in [1.807, 2.05) is 12.2 Å². The lowest BCUT2D eigenvalue weighted by Gasteiger charge is -2.29. The summed E-state index contributed by atoms with van der Waals surface area (Å²) in [5.74, 6) is 0.598. The molecule has 1 aliphatic rings. The summed E-state index contributed by atoms with van der Waals surface area (Å²) in [7, 11) is 0. The Kier molecular flexibility index (Phi) is 4.37. The van der Waals surface area contributed by atoms with Crippen molar-refractivity contribution in [3.63, 3.8) is 0 Å². The first-order chi connectivity index (χ1) is 10.7. The molecule has 22 heavy (non-hydrogen) atoms. The van der Waals surface area contributed by atoms with Gasteiger partial charge in [0.1, 0.15) is 29.2 Å². The molecule has 0 unspecified atom stereocenters. The lowest BCUT2D eigenvalue weighted by atomic mass is 10.0. The van der Waals surface area contributed by atoms with Gasteiger partial charge in [-0.25, -0.2) is 8.78 Å². The van der Waals surface area contributed by atoms with E-state index in [0.29, 0.717) is 11.5 Å². The van der Waals surface area contributed by atoms with Gasteiger partial charge in [-0.2, -0.15) is 0 Å². The highest BCUT2D eigenvalue weighted by molar-refractivity contribution is 5.25. The lowest BCUT2D eigenvalue weighted by molar-refractivity contribution is 0.0721. The van der Waals surface area contributed by atoms with Crippen molar-refractivity contribution < 1.29 is 18.3 Å². The topological polar surface area (TPSA) is 18.5 Å². The first kappa shape index (κ1) is 14.6. The van der Waals surface area contributed by atoms with Crippen LogP contribution >= 0.6 is 0 Å². The SMILES string of the molecule is Fc1ccc(O[C@@H]2C=CCC[C@H]2Oc2ccc(F)cc2)cc1. The van der Waals surface area contributed by atoms with Crippen LogP contribution in [0.1, 0.15) is 12.8 Å². The first-order valence-electron chi connectivity index (χ1n) is 7.22. The molecule has 2 aromatic rings. The monoisotopic (exact) mass is 302 g/mol. The standard InChI is InChI=1S/C18H16F2O2/c19-13-5-9-15(10-6-13)21-17-3-1-2-4-18(17)22-16-11-7-14(20)8-12-16/h1,3,5-12,17-18H,2,4H2/t17-,18-/m1/s1. The van der Waals surface area contributed by atoms with Crippen LogP contribution in [0.25, 0.3) is 0 Å². The van der Waals surface area contributed by atoms with Crippen LogP contribution in [0, 0.1) is 11.6 Å². The van der Waals surface area contributed by atoms with Gasteiger partial charge < -0.3 is 9.47 Å². The highest BCUT2D eigenvalue weighted by Gasteiger charge is 2.25. The fraction of sp³-hybridized carbons (Fsp3) is 0.222. The van der Waals surface area contributed by atoms with Crippen molar-refractivity contribution in [1.29, 1.82) is 0 Å². The van der Waals surface area contributed by atoms with E-state index < -0.39 is 0 Å². The molecular formula is C18H16F2O2. The molecule has 2 atom stereocenters. The summed E-state index contributed by atoms with van der Waals surface area (Å²) in [6, 6.07) is 11.8. The maximum absolute atomic E-state index is 12.9. The van der Waals surface area contributed by atoms with E-state index in [-0.39, 0.29) is 23.8 Å². The van der Waals surface area contributed by atoms with E-state index in [2.05, 4.69) is 0 Å². The van der Waals surface area contributed by atoms with E-state index in [4.69, 9.17) is 9.47 Å². The van der Waals surface area contributed by atoms with Crippen LogP contribution in [-0.2, 0) is 0 Å². The maximum atomic E-state index is 12.9. The maximum Gasteiger partial charge on any atom is 0.154 e. The van der Waals surface area contributed by atoms with Crippen LogP contribution in [0.3, 0.4) is 0 Å². The average molecular weight is 302 g/mol. The zero-order valence-corrected chi connectivity index (χ0v) is 11.9. The molecule has 0 radical (unpaired) electrons. The molecule has 3 rings (SSSR count). The smallest absolute Gasteiger partial charge is 0.154 e. The largest absolute Gasteiger partial charge is 0.486 e. The van der Waals surface area contributed by atoms with Gasteiger partial charge in [-0.05, 0) is 67.4 Å². The minimum atomic E-state index is -0.300. The zero-order chi connectivity index (χ0) is 15.4. The molecule has 114 valence electrons. The third-order valence-corrected chi connectivity index (χ3v) is 3.50. The molecule has 1 aliphatic carbocycles. The molecule has 0 heterocycles. The van der Waals surface area contributed by atoms with Crippen molar-refractivity contribution in [2.75, 3.05) is 0 Å². The van der Waals surface area contributed by atoms with Crippen molar-refractivity contribution in [1.82, 2.24) is 0 Å². The second-order valence-electron chi connectivity index (χ2n) is 5.15. The minimum absolute atomic E-state index is 0.166. The Balaban J connectivity index is 1.70. The normalized spacial score (nSPS) is 20.6. The van der Waals surface area contributed by atoms with Gasteiger partial charge in [0.2, 0.25) is 0 Å². The summed E-state index contributed by atoms with van der Waals surface area (Å²) in [5.41, 5.74) is 0. The Bertz CT molecular complexity index is 635. The number of hydrogen-bond acceptors (Lipinski definition) is 2. The highest BCUT2D eigenvalue weighted by atomic mass is 19.1. The van der Waals surface area contributed by atoms with Gasteiger partial charge in [0.25, 0.3) is 0 Å². The third-order valence-electron chi connectivity index (χ3n) is 3.50. The summed E-state index contributed by atoms with van der Waals surface area (Å²) < 4.78 is 37.6. The number of allylic oxidation sites excluding steroid dienone is 1. The molecule has 0 spiro atoms. The molecule has 0 aromatic heterocycles. The minimum Gasteiger partial charge on any atom is -0.486 e. The highest BCUT2D eigenvalue weighted by Crippen LogP contribution is 2.24. The van der Waals surface area contributed by atoms with Crippen molar-refractivity contribution in [2.24, 2.45) is 0 Å². The van der Waals surface area contributed by atoms with Crippen LogP contribution in [0.4, 0.5) is 8.78 Å². The molecule has 0 saturated carbocycles. The van der Waals surface area contributed by atoms with Gasteiger partial charge in [0.05, 0.1) is 0 Å². The molecule has 0 N–H and O–H groups in total. The van der Waals surface area contributed by atoms with Gasteiger partial charge in [-0.15, -0.1) is 0 Å². The van der Waals surface area contributed by atoms with Gasteiger partial charge >= 0.3 is 0 Å². The number of hydrogen-bond donors (Lipinski definition) is 0. The molecule has 0 amide bonds. The molecule has 4 heteroatoms. The second kappa shape index (κ2) is 6.60. The van der Waals surface area contributed by atoms with Crippen LogP contribution < -0.4 is 9.47 Å². The van der Waals surface area contributed by atoms with E-state index >= 15 is 0 Å². The first-order valence-corrected chi connectivity index (χ1v) is 7.22. The average Bonchev–Trinajstić information content (AvgIpc) is 2.54. The van der Waals surface area contributed by atoms with E-state index in [1.165, 1.54) is 24.3 Å². The number of rotatable bonds is 4. The molecule has 0 fully saturated rings. The molecule has 0 bridgehead atoms. The van der Waals surface area contributed by atoms with Crippen LogP contribution in [-0.4, -0.2) is 12.2 Å². The summed E-state index contributed by atoms with van der Waals surface area (Å²) in [6.07, 6.45) is 5.26. The Morgan fingerprint density at radius 2 is 1.32 bits per heavy atom. The summed E-state index contributed by atoms with van der Waals surface area (Å²) in [5, 5.41) is 0. The van der Waals surface area contributed by atoms with Crippen molar-refractivity contribution >= 4 is 0 Å². The van der Waals surface area contributed by atoms with Crippen LogP contribution in [0.15, 0.2) is 60.7 Å². The van der Waals surface area contributed by atoms with Gasteiger partial charge in [-0.3, -0.25) is 0 Å². The lowest BCUT2D eigenvalue weighted by Crippen LogP contribution is -2.36. The Hall–Kier alpha value is -2.36. The van der Waals surface area contributed by atoms with Gasteiger partial charge in [0.15, 0.2) is 6.10 Å². The van der Waals surface area contributed by atoms with Gasteiger partial charge in [0, 0.05) is 0 Å². The zero-order valence-electron chi connectivity index (χ0n) is 11.9. The Morgan fingerprint density at radius 1 is 0.773 bits per heavy atom. The Morgan fingerprint density at radius 3 is 1.91 bits per heavy atom. The summed E-state index contributed by atoms with van der Waals surface area (Å²) in [6.45, 7) is 0. The van der Waals surface area contributed by atoms with Crippen molar-refractivity contribution in [3.05, 3.63) is 72.3 Å². The van der Waals surface area contributed by atoms with Crippen LogP contribution in [0.2, 0.25) is 0 Å². The van der Waals surface area contributed by atoms with E-state index in [1.54, 1.807) is 24.3 Å². The molecule has 2 nitrogen and oxygen atoms in total. The Labute approximate surface area is 128 Å². The number of ether oxygens (including phenoxy) is 2. The predicted molar refractivity (Wildman–Crippen MR) is 80.0 cm³/mol. The third kappa shape index (κ3) is 3.64. The fourth-order valence-corrected chi connectivity index (χ4v) is 2.38. The summed E-state index contributed by atoms with van der Waals surface area (Å²) >= 11 is 0. The molecule has 0 saturated heterocycles. The van der Waals surface area contributed by atoms with Gasteiger partial charge in [-0.1, -0.05) is 6.08 Å². The molecular weight excluding hydrogens is 286 g/mol. The second-order valence-corrected chi connectivity index (χ2v) is 5.15. The van der Waals surface area contributed by atoms with Crippen LogP contribution in [0.5, 0.6) is 11.5 Å². The van der Waals surface area contributed by atoms with E-state index in [9.17, 15) is 8.78 Å². The van der Waals surface area contributed by atoms with E-state index in [0.717, 1.165) is 12.8 Å².